The molecule has 0 aromatic heterocycles. The normalized spacial score (nSPS) is 14.9. The number of carbonyl (C=O) groups excluding carboxylic acids is 1. The molecule has 33 heavy (non-hydrogen) atoms. The van der Waals surface area contributed by atoms with Gasteiger partial charge in [0, 0.05) is 16.0 Å². The van der Waals surface area contributed by atoms with Crippen LogP contribution in [0.25, 0.3) is 6.08 Å². The number of nitro benzene ring substituents is 1. The summed E-state index contributed by atoms with van der Waals surface area (Å²) < 4.78 is 13.7. The second kappa shape index (κ2) is 9.82. The van der Waals surface area contributed by atoms with Gasteiger partial charge in [-0.2, -0.15) is 0 Å². The van der Waals surface area contributed by atoms with E-state index in [1.54, 1.807) is 36.4 Å². The molecule has 4 rings (SSSR count). The summed E-state index contributed by atoms with van der Waals surface area (Å²) in [7, 11) is 0. The topological polar surface area (TPSA) is 63.4 Å². The maximum atomic E-state index is 13.5. The summed E-state index contributed by atoms with van der Waals surface area (Å²) in [5, 5.41) is 12.1. The summed E-state index contributed by atoms with van der Waals surface area (Å²) in [6.07, 6.45) is 1.54. The van der Waals surface area contributed by atoms with E-state index in [2.05, 4.69) is 0 Å². The summed E-state index contributed by atoms with van der Waals surface area (Å²) >= 11 is 19.3. The maximum absolute atomic E-state index is 13.5. The van der Waals surface area contributed by atoms with Crippen LogP contribution in [-0.2, 0) is 4.79 Å². The van der Waals surface area contributed by atoms with Gasteiger partial charge in [0.25, 0.3) is 11.6 Å². The van der Waals surface area contributed by atoms with E-state index in [1.807, 2.05) is 0 Å². The average Bonchev–Trinajstić information content (AvgIpc) is 3.05. The van der Waals surface area contributed by atoms with Gasteiger partial charge >= 0.3 is 0 Å². The predicted octanol–water partition coefficient (Wildman–Crippen LogP) is 7.60. The quantitative estimate of drug-likeness (QED) is 0.145. The average molecular weight is 537 g/mol. The van der Waals surface area contributed by atoms with Crippen LogP contribution in [0.1, 0.15) is 5.56 Å². The highest BCUT2D eigenvalue weighted by atomic mass is 35.5. The highest BCUT2D eigenvalue weighted by molar-refractivity contribution is 8.27. The van der Waals surface area contributed by atoms with E-state index < -0.39 is 16.6 Å². The van der Waals surface area contributed by atoms with Crippen molar-refractivity contribution in [2.75, 3.05) is 4.90 Å². The molecule has 0 N–H and O–H groups in total. The molecule has 0 radical (unpaired) electrons. The third kappa shape index (κ3) is 5.23. The Balaban J connectivity index is 1.63. The van der Waals surface area contributed by atoms with Crippen LogP contribution < -0.4 is 4.90 Å². The van der Waals surface area contributed by atoms with Gasteiger partial charge in [0.1, 0.15) is 5.82 Å². The number of thiocarbonyl (C=S) groups is 1. The van der Waals surface area contributed by atoms with Crippen LogP contribution >= 0.6 is 58.9 Å². The predicted molar refractivity (Wildman–Crippen MR) is 136 cm³/mol. The SMILES string of the molecule is O=C1/C(=C\c2ccc(Sc3ccc(Cl)cc3)c([N+](=O)[O-])c2)SC(=S)N1c1ccc(F)c(Cl)c1. The first-order valence-electron chi connectivity index (χ1n) is 9.18. The van der Waals surface area contributed by atoms with Gasteiger partial charge in [0.15, 0.2) is 4.32 Å². The largest absolute Gasteiger partial charge is 0.283 e. The highest BCUT2D eigenvalue weighted by Gasteiger charge is 2.33. The standard InChI is InChI=1S/C22H11Cl2FN2O3S3/c23-13-2-5-15(6-3-13)32-19-8-1-12(9-18(19)27(29)30)10-20-21(28)26(22(31)33-20)14-4-7-17(25)16(24)11-14/h1-11H/b20-10+. The Morgan fingerprint density at radius 2 is 1.82 bits per heavy atom. The second-order valence-corrected chi connectivity index (χ2v) is 10.3. The summed E-state index contributed by atoms with van der Waals surface area (Å²) in [6.45, 7) is 0. The molecule has 1 saturated heterocycles. The fourth-order valence-electron chi connectivity index (χ4n) is 2.95. The molecule has 5 nitrogen and oxygen atoms in total. The monoisotopic (exact) mass is 536 g/mol. The molecule has 1 aliphatic heterocycles. The molecule has 3 aromatic rings. The van der Waals surface area contributed by atoms with Gasteiger partial charge in [-0.05, 0) is 60.2 Å². The van der Waals surface area contributed by atoms with E-state index in [0.717, 1.165) is 22.7 Å². The molecular formula is C22H11Cl2FN2O3S3. The summed E-state index contributed by atoms with van der Waals surface area (Å²) in [5.41, 5.74) is 0.720. The maximum Gasteiger partial charge on any atom is 0.283 e. The minimum atomic E-state index is -0.606. The van der Waals surface area contributed by atoms with Crippen LogP contribution in [0.5, 0.6) is 0 Å². The van der Waals surface area contributed by atoms with Gasteiger partial charge in [-0.1, -0.05) is 65.0 Å². The van der Waals surface area contributed by atoms with E-state index in [1.165, 1.54) is 40.9 Å². The molecule has 0 spiro atoms. The van der Waals surface area contributed by atoms with E-state index in [0.29, 0.717) is 21.2 Å². The number of anilines is 1. The Morgan fingerprint density at radius 3 is 2.48 bits per heavy atom. The number of nitrogens with zero attached hydrogens (tertiary/aromatic N) is 2. The molecule has 0 bridgehead atoms. The van der Waals surface area contributed by atoms with E-state index >= 15 is 0 Å². The van der Waals surface area contributed by atoms with E-state index in [9.17, 15) is 19.3 Å². The van der Waals surface area contributed by atoms with Crippen LogP contribution in [-0.4, -0.2) is 15.2 Å². The zero-order chi connectivity index (χ0) is 23.7. The summed E-state index contributed by atoms with van der Waals surface area (Å²) in [5.74, 6) is -1.03. The van der Waals surface area contributed by atoms with Crippen molar-refractivity contribution in [3.05, 3.63) is 97.1 Å². The lowest BCUT2D eigenvalue weighted by Gasteiger charge is -2.14. The van der Waals surface area contributed by atoms with Crippen molar-refractivity contribution < 1.29 is 14.1 Å². The molecule has 1 aliphatic rings. The smallest absolute Gasteiger partial charge is 0.268 e. The number of carbonyl (C=O) groups is 1. The van der Waals surface area contributed by atoms with Gasteiger partial charge in [-0.25, -0.2) is 4.39 Å². The lowest BCUT2D eigenvalue weighted by molar-refractivity contribution is -0.387. The lowest BCUT2D eigenvalue weighted by Crippen LogP contribution is -2.27. The van der Waals surface area contributed by atoms with Crippen molar-refractivity contribution in [2.45, 2.75) is 9.79 Å². The molecular weight excluding hydrogens is 526 g/mol. The number of amides is 1. The number of hydrogen-bond donors (Lipinski definition) is 0. The second-order valence-electron chi connectivity index (χ2n) is 6.66. The number of thioether (sulfide) groups is 1. The van der Waals surface area contributed by atoms with Crippen molar-refractivity contribution >= 4 is 86.6 Å². The Hall–Kier alpha value is -2.43. The molecule has 1 heterocycles. The minimum absolute atomic E-state index is 0.0931. The Bertz CT molecular complexity index is 1330. The number of hydrogen-bond acceptors (Lipinski definition) is 6. The van der Waals surface area contributed by atoms with Crippen LogP contribution in [0.3, 0.4) is 0 Å². The molecule has 0 aliphatic carbocycles. The number of rotatable bonds is 5. The molecule has 3 aromatic carbocycles. The van der Waals surface area contributed by atoms with Crippen molar-refractivity contribution in [1.82, 2.24) is 0 Å². The molecule has 1 amide bonds. The van der Waals surface area contributed by atoms with Crippen molar-refractivity contribution in [3.8, 4) is 0 Å². The van der Waals surface area contributed by atoms with Crippen molar-refractivity contribution in [2.24, 2.45) is 0 Å². The molecule has 0 unspecified atom stereocenters. The Labute approximate surface area is 211 Å². The summed E-state index contributed by atoms with van der Waals surface area (Å²) in [6, 6.07) is 15.6. The van der Waals surface area contributed by atoms with E-state index in [4.69, 9.17) is 35.4 Å². The third-order valence-corrected chi connectivity index (χ3v) is 7.39. The van der Waals surface area contributed by atoms with Crippen LogP contribution in [0.4, 0.5) is 15.8 Å². The number of benzene rings is 3. The van der Waals surface area contributed by atoms with Crippen LogP contribution in [0.15, 0.2) is 75.4 Å². The van der Waals surface area contributed by atoms with Gasteiger partial charge in [0.2, 0.25) is 0 Å². The third-order valence-electron chi connectivity index (χ3n) is 4.47. The molecule has 0 atom stereocenters. The zero-order valence-corrected chi connectivity index (χ0v) is 20.3. The number of halogens is 3. The molecule has 11 heteroatoms. The molecule has 166 valence electrons. The fraction of sp³-hybridized carbons (Fsp3) is 0. The minimum Gasteiger partial charge on any atom is -0.268 e. The first-order chi connectivity index (χ1) is 15.7. The zero-order valence-electron chi connectivity index (χ0n) is 16.3. The first-order valence-corrected chi connectivity index (χ1v) is 12.0. The number of nitro groups is 1. The molecule has 1 fully saturated rings. The van der Waals surface area contributed by atoms with Crippen molar-refractivity contribution in [3.63, 3.8) is 0 Å². The van der Waals surface area contributed by atoms with Gasteiger partial charge in [-0.15, -0.1) is 0 Å². The molecule has 0 saturated carbocycles. The Kier molecular flexibility index (Phi) is 7.06. The lowest BCUT2D eigenvalue weighted by atomic mass is 10.2. The van der Waals surface area contributed by atoms with Gasteiger partial charge in [0.05, 0.1) is 25.4 Å². The fourth-order valence-corrected chi connectivity index (χ4v) is 5.45. The van der Waals surface area contributed by atoms with Crippen molar-refractivity contribution in [1.29, 1.82) is 0 Å². The van der Waals surface area contributed by atoms with Gasteiger partial charge < -0.3 is 0 Å². The highest BCUT2D eigenvalue weighted by Crippen LogP contribution is 2.39. The van der Waals surface area contributed by atoms with Crippen LogP contribution in [0, 0.1) is 15.9 Å². The van der Waals surface area contributed by atoms with E-state index in [-0.39, 0.29) is 19.9 Å². The summed E-state index contributed by atoms with van der Waals surface area (Å²) in [4.78, 5) is 26.9. The Morgan fingerprint density at radius 1 is 1.09 bits per heavy atom. The first kappa shape index (κ1) is 23.7. The van der Waals surface area contributed by atoms with Gasteiger partial charge in [-0.3, -0.25) is 19.8 Å². The van der Waals surface area contributed by atoms with Crippen LogP contribution in [0.2, 0.25) is 10.0 Å².